The Kier molecular flexibility index (Phi) is 2.79. The van der Waals surface area contributed by atoms with E-state index in [-0.39, 0.29) is 16.7 Å². The summed E-state index contributed by atoms with van der Waals surface area (Å²) < 4.78 is 0.700. The first-order chi connectivity index (χ1) is 7.08. The predicted octanol–water partition coefficient (Wildman–Crippen LogP) is 2.56. The summed E-state index contributed by atoms with van der Waals surface area (Å²) in [7, 11) is 0. The van der Waals surface area contributed by atoms with E-state index in [1.807, 2.05) is 0 Å². The molecule has 1 saturated carbocycles. The minimum atomic E-state index is -1.02. The zero-order valence-electron chi connectivity index (χ0n) is 7.62. The van der Waals surface area contributed by atoms with Crippen LogP contribution in [0.1, 0.15) is 22.5 Å². The summed E-state index contributed by atoms with van der Waals surface area (Å²) in [6.45, 7) is 0. The van der Waals surface area contributed by atoms with Crippen LogP contribution in [0.4, 0.5) is 5.69 Å². The van der Waals surface area contributed by atoms with Crippen LogP contribution in [0.5, 0.6) is 0 Å². The van der Waals surface area contributed by atoms with Gasteiger partial charge in [0.1, 0.15) is 4.88 Å². The summed E-state index contributed by atoms with van der Waals surface area (Å²) in [5, 5.41) is 11.5. The van der Waals surface area contributed by atoms with E-state index >= 15 is 0 Å². The Morgan fingerprint density at radius 3 is 2.73 bits per heavy atom. The van der Waals surface area contributed by atoms with E-state index in [0.717, 1.165) is 24.2 Å². The first-order valence-corrected chi connectivity index (χ1v) is 6.02. The van der Waals surface area contributed by atoms with E-state index < -0.39 is 5.97 Å². The number of aromatic carboxylic acids is 1. The van der Waals surface area contributed by atoms with Gasteiger partial charge < -0.3 is 10.4 Å². The second-order valence-electron chi connectivity index (χ2n) is 3.36. The van der Waals surface area contributed by atoms with Crippen LogP contribution in [-0.4, -0.2) is 17.0 Å². The Hall–Kier alpha value is -0.880. The lowest BCUT2D eigenvalue weighted by Gasteiger charge is -2.01. The monoisotopic (exact) mass is 289 g/mol. The van der Waals surface area contributed by atoms with Gasteiger partial charge in [0, 0.05) is 5.92 Å². The van der Waals surface area contributed by atoms with Crippen LogP contribution in [0.3, 0.4) is 0 Å². The van der Waals surface area contributed by atoms with E-state index in [4.69, 9.17) is 5.11 Å². The van der Waals surface area contributed by atoms with Crippen molar-refractivity contribution in [1.82, 2.24) is 0 Å². The topological polar surface area (TPSA) is 66.4 Å². The van der Waals surface area contributed by atoms with Gasteiger partial charge in [-0.1, -0.05) is 0 Å². The molecule has 0 atom stereocenters. The fraction of sp³-hybridized carbons (Fsp3) is 0.333. The molecule has 0 radical (unpaired) electrons. The lowest BCUT2D eigenvalue weighted by atomic mass is 10.3. The van der Waals surface area contributed by atoms with Crippen LogP contribution in [0.15, 0.2) is 9.85 Å². The van der Waals surface area contributed by atoms with Crippen LogP contribution in [0.25, 0.3) is 0 Å². The third-order valence-corrected chi connectivity index (χ3v) is 3.73. The number of anilines is 1. The molecule has 1 aromatic rings. The number of amides is 1. The number of carbonyl (C=O) groups excluding carboxylic acids is 1. The Balaban J connectivity index is 2.18. The molecule has 1 amide bonds. The number of carboxylic acids is 1. The zero-order chi connectivity index (χ0) is 11.0. The van der Waals surface area contributed by atoms with Gasteiger partial charge in [0.25, 0.3) is 0 Å². The van der Waals surface area contributed by atoms with Gasteiger partial charge in [-0.15, -0.1) is 11.3 Å². The summed E-state index contributed by atoms with van der Waals surface area (Å²) in [6, 6.07) is 1.62. The number of hydrogen-bond acceptors (Lipinski definition) is 3. The maximum atomic E-state index is 11.4. The van der Waals surface area contributed by atoms with Crippen LogP contribution in [0, 0.1) is 5.92 Å². The van der Waals surface area contributed by atoms with E-state index in [1.165, 1.54) is 0 Å². The smallest absolute Gasteiger partial charge is 0.348 e. The van der Waals surface area contributed by atoms with Gasteiger partial charge in [-0.25, -0.2) is 4.79 Å². The Bertz CT molecular complexity index is 425. The van der Waals surface area contributed by atoms with Crippen LogP contribution < -0.4 is 5.32 Å². The molecular formula is C9H8BrNO3S. The summed E-state index contributed by atoms with van der Waals surface area (Å²) in [6.07, 6.45) is 1.80. The fourth-order valence-electron chi connectivity index (χ4n) is 1.19. The first-order valence-electron chi connectivity index (χ1n) is 4.41. The second-order valence-corrected chi connectivity index (χ2v) is 5.79. The summed E-state index contributed by atoms with van der Waals surface area (Å²) in [5.74, 6) is -1.02. The summed E-state index contributed by atoms with van der Waals surface area (Å²) in [4.78, 5) is 22.4. The van der Waals surface area contributed by atoms with Crippen LogP contribution in [0.2, 0.25) is 0 Å². The van der Waals surface area contributed by atoms with Crippen molar-refractivity contribution in [3.63, 3.8) is 0 Å². The fourth-order valence-corrected chi connectivity index (χ4v) is 2.59. The third kappa shape index (κ3) is 2.38. The molecule has 0 unspecified atom stereocenters. The molecular weight excluding hydrogens is 282 g/mol. The molecule has 1 aliphatic rings. The number of carboxylic acid groups (broad SMARTS) is 1. The molecule has 80 valence electrons. The Morgan fingerprint density at radius 2 is 2.20 bits per heavy atom. The van der Waals surface area contributed by atoms with E-state index in [9.17, 15) is 9.59 Å². The number of halogens is 1. The van der Waals surface area contributed by atoms with E-state index in [0.29, 0.717) is 9.47 Å². The van der Waals surface area contributed by atoms with Crippen molar-refractivity contribution < 1.29 is 14.7 Å². The SMILES string of the molecule is O=C(O)c1sc(Br)cc1NC(=O)C1CC1. The maximum absolute atomic E-state index is 11.4. The largest absolute Gasteiger partial charge is 0.477 e. The summed E-state index contributed by atoms with van der Waals surface area (Å²) >= 11 is 4.30. The number of carbonyl (C=O) groups is 2. The normalized spacial score (nSPS) is 15.0. The second kappa shape index (κ2) is 3.94. The van der Waals surface area contributed by atoms with Crippen molar-refractivity contribution >= 4 is 44.8 Å². The molecule has 15 heavy (non-hydrogen) atoms. The van der Waals surface area contributed by atoms with Crippen molar-refractivity contribution in [2.45, 2.75) is 12.8 Å². The molecule has 2 rings (SSSR count). The quantitative estimate of drug-likeness (QED) is 0.899. The molecule has 1 aliphatic carbocycles. The third-order valence-electron chi connectivity index (χ3n) is 2.10. The highest BCUT2D eigenvalue weighted by Gasteiger charge is 2.30. The average Bonchev–Trinajstić information content (AvgIpc) is 2.91. The van der Waals surface area contributed by atoms with E-state index in [2.05, 4.69) is 21.2 Å². The summed E-state index contributed by atoms with van der Waals surface area (Å²) in [5.41, 5.74) is 0.385. The minimum absolute atomic E-state index is 0.0744. The van der Waals surface area contributed by atoms with Gasteiger partial charge in [-0.3, -0.25) is 4.79 Å². The van der Waals surface area contributed by atoms with Gasteiger partial charge in [-0.05, 0) is 34.8 Å². The molecule has 4 nitrogen and oxygen atoms in total. The molecule has 1 aromatic heterocycles. The Morgan fingerprint density at radius 1 is 1.53 bits per heavy atom. The molecule has 2 N–H and O–H groups in total. The highest BCUT2D eigenvalue weighted by atomic mass is 79.9. The zero-order valence-corrected chi connectivity index (χ0v) is 10.0. The van der Waals surface area contributed by atoms with Crippen LogP contribution in [-0.2, 0) is 4.79 Å². The number of rotatable bonds is 3. The molecule has 0 bridgehead atoms. The standard InChI is InChI=1S/C9H8BrNO3S/c10-6-3-5(7(15-6)9(13)14)11-8(12)4-1-2-4/h3-4H,1-2H2,(H,11,12)(H,13,14). The van der Waals surface area contributed by atoms with Crippen molar-refractivity contribution in [3.05, 3.63) is 14.7 Å². The van der Waals surface area contributed by atoms with Crippen molar-refractivity contribution in [2.75, 3.05) is 5.32 Å². The lowest BCUT2D eigenvalue weighted by molar-refractivity contribution is -0.117. The predicted molar refractivity (Wildman–Crippen MR) is 60.3 cm³/mol. The minimum Gasteiger partial charge on any atom is -0.477 e. The van der Waals surface area contributed by atoms with Crippen molar-refractivity contribution in [3.8, 4) is 0 Å². The molecule has 1 fully saturated rings. The molecule has 6 heteroatoms. The number of hydrogen-bond donors (Lipinski definition) is 2. The molecule has 0 aliphatic heterocycles. The van der Waals surface area contributed by atoms with Gasteiger partial charge in [0.2, 0.25) is 5.91 Å². The van der Waals surface area contributed by atoms with Gasteiger partial charge in [0.15, 0.2) is 0 Å². The maximum Gasteiger partial charge on any atom is 0.348 e. The van der Waals surface area contributed by atoms with Crippen LogP contribution >= 0.6 is 27.3 Å². The molecule has 0 aromatic carbocycles. The molecule has 0 saturated heterocycles. The molecule has 0 spiro atoms. The van der Waals surface area contributed by atoms with E-state index in [1.54, 1.807) is 6.07 Å². The molecule has 1 heterocycles. The number of nitrogens with one attached hydrogen (secondary N) is 1. The van der Waals surface area contributed by atoms with Gasteiger partial charge in [-0.2, -0.15) is 0 Å². The number of thiophene rings is 1. The first kappa shape index (κ1) is 10.6. The highest BCUT2D eigenvalue weighted by molar-refractivity contribution is 9.11. The Labute approximate surface area is 98.4 Å². The van der Waals surface area contributed by atoms with Gasteiger partial charge >= 0.3 is 5.97 Å². The van der Waals surface area contributed by atoms with Crippen molar-refractivity contribution in [1.29, 1.82) is 0 Å². The average molecular weight is 290 g/mol. The van der Waals surface area contributed by atoms with Crippen molar-refractivity contribution in [2.24, 2.45) is 5.92 Å². The highest BCUT2D eigenvalue weighted by Crippen LogP contribution is 2.34. The van der Waals surface area contributed by atoms with Gasteiger partial charge in [0.05, 0.1) is 9.47 Å². The lowest BCUT2D eigenvalue weighted by Crippen LogP contribution is -2.14.